The molecule has 0 saturated heterocycles. The molecule has 4 N–H and O–H groups in total. The molecule has 1 aromatic carbocycles. The van der Waals surface area contributed by atoms with Crippen molar-refractivity contribution in [3.8, 4) is 0 Å². The van der Waals surface area contributed by atoms with E-state index in [1.165, 1.54) is 14.0 Å². The fourth-order valence-electron chi connectivity index (χ4n) is 1.37. The number of rotatable bonds is 4. The van der Waals surface area contributed by atoms with Crippen molar-refractivity contribution in [2.24, 2.45) is 0 Å². The first-order chi connectivity index (χ1) is 9.42. The predicted molar refractivity (Wildman–Crippen MR) is 72.7 cm³/mol. The van der Waals surface area contributed by atoms with Gasteiger partial charge in [0.05, 0.1) is 6.42 Å². The van der Waals surface area contributed by atoms with E-state index in [2.05, 4.69) is 5.32 Å². The van der Waals surface area contributed by atoms with Crippen LogP contribution in [0.1, 0.15) is 12.5 Å². The highest BCUT2D eigenvalue weighted by molar-refractivity contribution is 5.97. The summed E-state index contributed by atoms with van der Waals surface area (Å²) in [5.74, 6) is -1.25. The van der Waals surface area contributed by atoms with Gasteiger partial charge in [-0.3, -0.25) is 14.9 Å². The van der Waals surface area contributed by atoms with Gasteiger partial charge in [0.1, 0.15) is 0 Å². The van der Waals surface area contributed by atoms with E-state index in [-0.39, 0.29) is 6.42 Å². The predicted octanol–water partition coefficient (Wildman–Crippen LogP) is 0.199. The molecule has 0 aliphatic carbocycles. The van der Waals surface area contributed by atoms with Crippen LogP contribution in [0, 0.1) is 0 Å². The summed E-state index contributed by atoms with van der Waals surface area (Å²) < 4.78 is 4.93. The number of nitrogen functional groups attached to an aromatic ring is 1. The SMILES string of the molecule is CNC(=O)NC(=O)C(C)OC(=O)Cc1ccc(N)cc1. The van der Waals surface area contributed by atoms with Crippen LogP contribution in [-0.2, 0) is 20.7 Å². The van der Waals surface area contributed by atoms with Crippen LogP contribution in [0.15, 0.2) is 24.3 Å². The number of imide groups is 1. The second-order valence-electron chi connectivity index (χ2n) is 4.12. The van der Waals surface area contributed by atoms with Crippen molar-refractivity contribution in [2.75, 3.05) is 12.8 Å². The Bertz CT molecular complexity index is 499. The van der Waals surface area contributed by atoms with Crippen molar-refractivity contribution in [2.45, 2.75) is 19.4 Å². The van der Waals surface area contributed by atoms with Gasteiger partial charge in [0.25, 0.3) is 5.91 Å². The molecule has 7 heteroatoms. The monoisotopic (exact) mass is 279 g/mol. The second kappa shape index (κ2) is 7.13. The zero-order valence-electron chi connectivity index (χ0n) is 11.3. The summed E-state index contributed by atoms with van der Waals surface area (Å²) in [5.41, 5.74) is 6.85. The highest BCUT2D eigenvalue weighted by atomic mass is 16.5. The lowest BCUT2D eigenvalue weighted by Crippen LogP contribution is -2.43. The number of carbonyl (C=O) groups excluding carboxylic acids is 3. The van der Waals surface area contributed by atoms with Crippen molar-refractivity contribution in [3.63, 3.8) is 0 Å². The lowest BCUT2D eigenvalue weighted by molar-refractivity contribution is -0.153. The third kappa shape index (κ3) is 4.97. The van der Waals surface area contributed by atoms with Crippen LogP contribution in [0.2, 0.25) is 0 Å². The Kier molecular flexibility index (Phi) is 5.52. The average molecular weight is 279 g/mol. The molecule has 20 heavy (non-hydrogen) atoms. The van der Waals surface area contributed by atoms with E-state index in [0.717, 1.165) is 5.56 Å². The Balaban J connectivity index is 2.47. The number of carbonyl (C=O) groups is 3. The molecule has 0 aromatic heterocycles. The van der Waals surface area contributed by atoms with Crippen LogP contribution in [0.25, 0.3) is 0 Å². The molecule has 0 fully saturated rings. The molecule has 1 rings (SSSR count). The summed E-state index contributed by atoms with van der Waals surface area (Å²) in [4.78, 5) is 34.1. The number of ether oxygens (including phenoxy) is 1. The number of esters is 1. The zero-order valence-corrected chi connectivity index (χ0v) is 11.3. The van der Waals surface area contributed by atoms with E-state index in [4.69, 9.17) is 10.5 Å². The molecular formula is C13H17N3O4. The van der Waals surface area contributed by atoms with Gasteiger partial charge in [-0.25, -0.2) is 4.79 Å². The summed E-state index contributed by atoms with van der Waals surface area (Å²) >= 11 is 0. The number of amides is 3. The molecule has 1 aromatic rings. The molecule has 0 saturated carbocycles. The summed E-state index contributed by atoms with van der Waals surface area (Å²) in [5, 5.41) is 4.25. The van der Waals surface area contributed by atoms with Crippen molar-refractivity contribution < 1.29 is 19.1 Å². The first-order valence-corrected chi connectivity index (χ1v) is 5.99. The quantitative estimate of drug-likeness (QED) is 0.538. The maximum Gasteiger partial charge on any atom is 0.321 e. The first kappa shape index (κ1) is 15.5. The summed E-state index contributed by atoms with van der Waals surface area (Å²) in [7, 11) is 1.38. The van der Waals surface area contributed by atoms with E-state index >= 15 is 0 Å². The second-order valence-corrected chi connectivity index (χ2v) is 4.12. The highest BCUT2D eigenvalue weighted by Crippen LogP contribution is 2.07. The fraction of sp³-hybridized carbons (Fsp3) is 0.308. The molecule has 1 unspecified atom stereocenters. The number of hydrogen-bond donors (Lipinski definition) is 3. The van der Waals surface area contributed by atoms with Crippen LogP contribution < -0.4 is 16.4 Å². The summed E-state index contributed by atoms with van der Waals surface area (Å²) in [6.07, 6.45) is -1.02. The standard InChI is InChI=1S/C13H17N3O4/c1-8(12(18)16-13(19)15-2)20-11(17)7-9-3-5-10(14)6-4-9/h3-6,8H,7,14H2,1-2H3,(H2,15,16,18,19). The molecular weight excluding hydrogens is 262 g/mol. The minimum Gasteiger partial charge on any atom is -0.452 e. The van der Waals surface area contributed by atoms with Gasteiger partial charge in [0, 0.05) is 12.7 Å². The lowest BCUT2D eigenvalue weighted by atomic mass is 10.1. The average Bonchev–Trinajstić information content (AvgIpc) is 2.41. The molecule has 0 radical (unpaired) electrons. The molecule has 1 atom stereocenters. The number of anilines is 1. The van der Waals surface area contributed by atoms with Gasteiger partial charge in [-0.2, -0.15) is 0 Å². The minimum absolute atomic E-state index is 0.0257. The largest absolute Gasteiger partial charge is 0.452 e. The van der Waals surface area contributed by atoms with Gasteiger partial charge in [-0.05, 0) is 24.6 Å². The Labute approximate surface area is 116 Å². The van der Waals surface area contributed by atoms with E-state index < -0.39 is 24.0 Å². The Morgan fingerprint density at radius 2 is 1.85 bits per heavy atom. The Morgan fingerprint density at radius 3 is 2.40 bits per heavy atom. The molecule has 3 amide bonds. The normalized spacial score (nSPS) is 11.3. The van der Waals surface area contributed by atoms with Crippen LogP contribution in [0.5, 0.6) is 0 Å². The first-order valence-electron chi connectivity index (χ1n) is 5.99. The maximum absolute atomic E-state index is 11.6. The highest BCUT2D eigenvalue weighted by Gasteiger charge is 2.19. The summed E-state index contributed by atoms with van der Waals surface area (Å²) in [6.45, 7) is 1.39. The molecule has 0 aliphatic rings. The lowest BCUT2D eigenvalue weighted by Gasteiger charge is -2.12. The smallest absolute Gasteiger partial charge is 0.321 e. The van der Waals surface area contributed by atoms with Gasteiger partial charge < -0.3 is 15.8 Å². The number of hydrogen-bond acceptors (Lipinski definition) is 5. The van der Waals surface area contributed by atoms with Crippen LogP contribution >= 0.6 is 0 Å². The van der Waals surface area contributed by atoms with Crippen LogP contribution in [0.4, 0.5) is 10.5 Å². The number of urea groups is 1. The van der Waals surface area contributed by atoms with E-state index in [1.54, 1.807) is 24.3 Å². The molecule has 108 valence electrons. The third-order valence-corrected chi connectivity index (χ3v) is 2.47. The number of nitrogens with one attached hydrogen (secondary N) is 2. The minimum atomic E-state index is -1.05. The van der Waals surface area contributed by atoms with E-state index in [9.17, 15) is 14.4 Å². The Hall–Kier alpha value is -2.57. The fourth-order valence-corrected chi connectivity index (χ4v) is 1.37. The molecule has 0 heterocycles. The van der Waals surface area contributed by atoms with Crippen LogP contribution in [-0.4, -0.2) is 31.1 Å². The number of benzene rings is 1. The topological polar surface area (TPSA) is 111 Å². The van der Waals surface area contributed by atoms with E-state index in [1.807, 2.05) is 5.32 Å². The third-order valence-electron chi connectivity index (χ3n) is 2.47. The zero-order chi connectivity index (χ0) is 15.1. The molecule has 0 aliphatic heterocycles. The van der Waals surface area contributed by atoms with E-state index in [0.29, 0.717) is 5.69 Å². The number of nitrogens with two attached hydrogens (primary N) is 1. The van der Waals surface area contributed by atoms with Gasteiger partial charge in [0.2, 0.25) is 0 Å². The van der Waals surface area contributed by atoms with Crippen molar-refractivity contribution in [1.29, 1.82) is 0 Å². The van der Waals surface area contributed by atoms with Gasteiger partial charge in [-0.1, -0.05) is 12.1 Å². The van der Waals surface area contributed by atoms with Crippen molar-refractivity contribution in [1.82, 2.24) is 10.6 Å². The van der Waals surface area contributed by atoms with Gasteiger partial charge in [0.15, 0.2) is 6.10 Å². The van der Waals surface area contributed by atoms with Crippen LogP contribution in [0.3, 0.4) is 0 Å². The molecule has 0 bridgehead atoms. The molecule has 0 spiro atoms. The maximum atomic E-state index is 11.6. The van der Waals surface area contributed by atoms with Gasteiger partial charge >= 0.3 is 12.0 Å². The van der Waals surface area contributed by atoms with Crippen molar-refractivity contribution >= 4 is 23.6 Å². The molecule has 7 nitrogen and oxygen atoms in total. The van der Waals surface area contributed by atoms with Gasteiger partial charge in [-0.15, -0.1) is 0 Å². The van der Waals surface area contributed by atoms with Crippen molar-refractivity contribution in [3.05, 3.63) is 29.8 Å². The summed E-state index contributed by atoms with van der Waals surface area (Å²) in [6, 6.07) is 6.09. The Morgan fingerprint density at radius 1 is 1.25 bits per heavy atom.